The molecular formula is C26H24BrN3O2. The molecule has 1 heterocycles. The van der Waals surface area contributed by atoms with Crippen molar-refractivity contribution in [3.8, 4) is 5.69 Å². The number of rotatable bonds is 4. The third-order valence-corrected chi connectivity index (χ3v) is 6.30. The Bertz CT molecular complexity index is 1380. The van der Waals surface area contributed by atoms with Gasteiger partial charge in [-0.1, -0.05) is 40.2 Å². The van der Waals surface area contributed by atoms with E-state index in [1.807, 2.05) is 69.3 Å². The van der Waals surface area contributed by atoms with Gasteiger partial charge < -0.3 is 4.90 Å². The average Bonchev–Trinajstić information content (AvgIpc) is 2.80. The van der Waals surface area contributed by atoms with Crippen LogP contribution in [0.2, 0.25) is 0 Å². The van der Waals surface area contributed by atoms with Crippen LogP contribution in [0.4, 0.5) is 0 Å². The third-order valence-electron chi connectivity index (χ3n) is 5.77. The Kier molecular flexibility index (Phi) is 5.98. The minimum atomic E-state index is -0.441. The number of carbonyl (C=O) groups excluding carboxylic acids is 1. The number of amides is 1. The number of aryl methyl sites for hydroxylation is 2. The molecule has 4 aromatic rings. The number of hydrogen-bond donors (Lipinski definition) is 0. The van der Waals surface area contributed by atoms with E-state index in [-0.39, 0.29) is 11.5 Å². The molecule has 0 fully saturated rings. The Morgan fingerprint density at radius 2 is 1.72 bits per heavy atom. The molecule has 3 aromatic carbocycles. The fourth-order valence-corrected chi connectivity index (χ4v) is 4.03. The molecule has 6 heteroatoms. The van der Waals surface area contributed by atoms with E-state index < -0.39 is 6.04 Å². The molecule has 5 nitrogen and oxygen atoms in total. The number of benzene rings is 3. The standard InChI is InChI=1S/C26H24BrN3O2/c1-16-9-10-17(2)23(15-16)30-24(28-22-8-6-5-7-21(22)26(30)32)18(3)29(4)25(31)19-11-13-20(27)14-12-19/h5-15,18H,1-4H3. The second-order valence-electron chi connectivity index (χ2n) is 8.02. The molecule has 0 aliphatic carbocycles. The lowest BCUT2D eigenvalue weighted by Gasteiger charge is -2.27. The maximum atomic E-state index is 13.6. The van der Waals surface area contributed by atoms with Crippen LogP contribution in [0.15, 0.2) is 76.0 Å². The summed E-state index contributed by atoms with van der Waals surface area (Å²) in [4.78, 5) is 33.3. The van der Waals surface area contributed by atoms with Gasteiger partial charge in [0.05, 0.1) is 22.6 Å². The highest BCUT2D eigenvalue weighted by atomic mass is 79.9. The highest BCUT2D eigenvalue weighted by Crippen LogP contribution is 2.25. The number of hydrogen-bond acceptors (Lipinski definition) is 3. The summed E-state index contributed by atoms with van der Waals surface area (Å²) in [6.07, 6.45) is 0. The first-order valence-electron chi connectivity index (χ1n) is 10.4. The summed E-state index contributed by atoms with van der Waals surface area (Å²) >= 11 is 3.40. The molecular weight excluding hydrogens is 466 g/mol. The molecule has 1 aromatic heterocycles. The van der Waals surface area contributed by atoms with Crippen molar-refractivity contribution in [3.63, 3.8) is 0 Å². The van der Waals surface area contributed by atoms with Gasteiger partial charge in [0.25, 0.3) is 11.5 Å². The molecule has 0 saturated heterocycles. The molecule has 1 unspecified atom stereocenters. The monoisotopic (exact) mass is 489 g/mol. The summed E-state index contributed by atoms with van der Waals surface area (Å²) < 4.78 is 2.56. The van der Waals surface area contributed by atoms with Crippen molar-refractivity contribution in [3.05, 3.63) is 104 Å². The molecule has 0 spiro atoms. The minimum Gasteiger partial charge on any atom is -0.332 e. The summed E-state index contributed by atoms with van der Waals surface area (Å²) in [6, 6.07) is 20.1. The molecule has 0 radical (unpaired) electrons. The van der Waals surface area contributed by atoms with Gasteiger partial charge in [0, 0.05) is 17.1 Å². The molecule has 0 aliphatic heterocycles. The number of nitrogens with zero attached hydrogens (tertiary/aromatic N) is 3. The second kappa shape index (κ2) is 8.71. The van der Waals surface area contributed by atoms with E-state index in [2.05, 4.69) is 15.9 Å². The van der Waals surface area contributed by atoms with Crippen LogP contribution in [-0.2, 0) is 0 Å². The molecule has 1 atom stereocenters. The largest absolute Gasteiger partial charge is 0.332 e. The van der Waals surface area contributed by atoms with Crippen molar-refractivity contribution in [2.24, 2.45) is 0 Å². The smallest absolute Gasteiger partial charge is 0.266 e. The van der Waals surface area contributed by atoms with E-state index in [4.69, 9.17) is 4.98 Å². The van der Waals surface area contributed by atoms with E-state index in [0.29, 0.717) is 22.3 Å². The van der Waals surface area contributed by atoms with Crippen molar-refractivity contribution in [1.29, 1.82) is 0 Å². The van der Waals surface area contributed by atoms with Crippen molar-refractivity contribution < 1.29 is 4.79 Å². The number of carbonyl (C=O) groups is 1. The normalized spacial score (nSPS) is 12.0. The van der Waals surface area contributed by atoms with Crippen LogP contribution >= 0.6 is 15.9 Å². The first-order valence-corrected chi connectivity index (χ1v) is 11.2. The Labute approximate surface area is 195 Å². The first kappa shape index (κ1) is 22.0. The van der Waals surface area contributed by atoms with Crippen molar-refractivity contribution in [2.75, 3.05) is 7.05 Å². The molecule has 1 amide bonds. The van der Waals surface area contributed by atoms with Crippen LogP contribution in [0.25, 0.3) is 16.6 Å². The van der Waals surface area contributed by atoms with Gasteiger partial charge in [-0.25, -0.2) is 4.98 Å². The highest BCUT2D eigenvalue weighted by molar-refractivity contribution is 9.10. The summed E-state index contributed by atoms with van der Waals surface area (Å²) in [5.41, 5.74) is 3.83. The molecule has 0 N–H and O–H groups in total. The topological polar surface area (TPSA) is 55.2 Å². The molecule has 162 valence electrons. The predicted octanol–water partition coefficient (Wildman–Crippen LogP) is 5.60. The van der Waals surface area contributed by atoms with Gasteiger partial charge in [0.15, 0.2) is 0 Å². The minimum absolute atomic E-state index is 0.139. The van der Waals surface area contributed by atoms with Crippen LogP contribution in [0.3, 0.4) is 0 Å². The molecule has 0 bridgehead atoms. The van der Waals surface area contributed by atoms with E-state index >= 15 is 0 Å². The average molecular weight is 490 g/mol. The Morgan fingerprint density at radius 1 is 1.03 bits per heavy atom. The Morgan fingerprint density at radius 3 is 2.44 bits per heavy atom. The maximum absolute atomic E-state index is 13.6. The predicted molar refractivity (Wildman–Crippen MR) is 131 cm³/mol. The van der Waals surface area contributed by atoms with Crippen LogP contribution in [0, 0.1) is 13.8 Å². The summed E-state index contributed by atoms with van der Waals surface area (Å²) in [6.45, 7) is 5.87. The van der Waals surface area contributed by atoms with E-state index in [9.17, 15) is 9.59 Å². The molecule has 0 aliphatic rings. The van der Waals surface area contributed by atoms with Crippen LogP contribution in [-0.4, -0.2) is 27.4 Å². The summed E-state index contributed by atoms with van der Waals surface area (Å²) in [7, 11) is 1.74. The number of fused-ring (bicyclic) bond motifs is 1. The van der Waals surface area contributed by atoms with E-state index in [0.717, 1.165) is 21.3 Å². The van der Waals surface area contributed by atoms with Crippen LogP contribution in [0.1, 0.15) is 40.3 Å². The van der Waals surface area contributed by atoms with Crippen molar-refractivity contribution >= 4 is 32.7 Å². The number of aromatic nitrogens is 2. The SMILES string of the molecule is Cc1ccc(C)c(-n2c(C(C)N(C)C(=O)c3ccc(Br)cc3)nc3ccccc3c2=O)c1. The zero-order valence-electron chi connectivity index (χ0n) is 18.5. The highest BCUT2D eigenvalue weighted by Gasteiger charge is 2.25. The fraction of sp³-hybridized carbons (Fsp3) is 0.192. The fourth-order valence-electron chi connectivity index (χ4n) is 3.77. The molecule has 0 saturated carbocycles. The van der Waals surface area contributed by atoms with E-state index in [1.54, 1.807) is 34.7 Å². The second-order valence-corrected chi connectivity index (χ2v) is 8.93. The van der Waals surface area contributed by atoms with Gasteiger partial charge in [0.2, 0.25) is 0 Å². The molecule has 32 heavy (non-hydrogen) atoms. The Balaban J connectivity index is 1.90. The zero-order chi connectivity index (χ0) is 23.0. The maximum Gasteiger partial charge on any atom is 0.266 e. The summed E-state index contributed by atoms with van der Waals surface area (Å²) in [5.74, 6) is 0.385. The van der Waals surface area contributed by atoms with Gasteiger partial charge in [0.1, 0.15) is 5.82 Å². The van der Waals surface area contributed by atoms with Crippen LogP contribution < -0.4 is 5.56 Å². The van der Waals surface area contributed by atoms with Gasteiger partial charge in [-0.2, -0.15) is 0 Å². The molecule has 4 rings (SSSR count). The third kappa shape index (κ3) is 3.98. The number of halogens is 1. The van der Waals surface area contributed by atoms with Gasteiger partial charge in [-0.3, -0.25) is 14.2 Å². The van der Waals surface area contributed by atoms with Crippen LogP contribution in [0.5, 0.6) is 0 Å². The lowest BCUT2D eigenvalue weighted by molar-refractivity contribution is 0.0735. The van der Waals surface area contributed by atoms with E-state index in [1.165, 1.54) is 0 Å². The lowest BCUT2D eigenvalue weighted by atomic mass is 10.1. The van der Waals surface area contributed by atoms with Gasteiger partial charge in [-0.05, 0) is 74.4 Å². The number of para-hydroxylation sites is 1. The van der Waals surface area contributed by atoms with Crippen molar-refractivity contribution in [2.45, 2.75) is 26.8 Å². The lowest BCUT2D eigenvalue weighted by Crippen LogP contribution is -2.35. The Hall–Kier alpha value is -3.25. The van der Waals surface area contributed by atoms with Gasteiger partial charge in [-0.15, -0.1) is 0 Å². The zero-order valence-corrected chi connectivity index (χ0v) is 20.1. The summed E-state index contributed by atoms with van der Waals surface area (Å²) in [5, 5.41) is 0.547. The van der Waals surface area contributed by atoms with Gasteiger partial charge >= 0.3 is 0 Å². The van der Waals surface area contributed by atoms with Crippen molar-refractivity contribution in [1.82, 2.24) is 14.5 Å². The quantitative estimate of drug-likeness (QED) is 0.374. The first-order chi connectivity index (χ1) is 15.3.